The van der Waals surface area contributed by atoms with E-state index in [1.54, 1.807) is 31.4 Å². The van der Waals surface area contributed by atoms with Crippen molar-refractivity contribution in [1.82, 2.24) is 4.31 Å². The fourth-order valence-corrected chi connectivity index (χ4v) is 5.82. The third kappa shape index (κ3) is 5.45. The standard InChI is InChI=1S/C22H26BrFN2O4S/c1-30-18-6-3-15(4-7-18)14-26(31(2,28)29)17-9-10-22(13-17,21(25)27)12-16-5-8-20(24)19(23)11-16/h3-8,11,17H,9-10,12-14H2,1-2H3,(H2,25,27)/t17-,22+/m0/s1. The highest BCUT2D eigenvalue weighted by atomic mass is 79.9. The van der Waals surface area contributed by atoms with E-state index in [1.807, 2.05) is 12.1 Å². The third-order valence-corrected chi connectivity index (χ3v) is 7.85. The first kappa shape index (κ1) is 23.7. The van der Waals surface area contributed by atoms with E-state index in [2.05, 4.69) is 15.9 Å². The summed E-state index contributed by atoms with van der Waals surface area (Å²) < 4.78 is 45.7. The van der Waals surface area contributed by atoms with Crippen LogP contribution in [0, 0.1) is 11.2 Å². The van der Waals surface area contributed by atoms with Gasteiger partial charge in [0.2, 0.25) is 15.9 Å². The van der Waals surface area contributed by atoms with E-state index in [0.717, 1.165) is 11.1 Å². The van der Waals surface area contributed by atoms with Gasteiger partial charge in [0, 0.05) is 12.6 Å². The Kier molecular flexibility index (Phi) is 7.08. The molecular weight excluding hydrogens is 487 g/mol. The summed E-state index contributed by atoms with van der Waals surface area (Å²) in [5, 5.41) is 0. The van der Waals surface area contributed by atoms with Crippen LogP contribution >= 0.6 is 15.9 Å². The minimum absolute atomic E-state index is 0.199. The monoisotopic (exact) mass is 512 g/mol. The van der Waals surface area contributed by atoms with Gasteiger partial charge >= 0.3 is 0 Å². The van der Waals surface area contributed by atoms with E-state index in [4.69, 9.17) is 10.5 Å². The minimum atomic E-state index is -3.53. The SMILES string of the molecule is COc1ccc(CN([C@H]2CC[C@](Cc3ccc(F)c(Br)c3)(C(N)=O)C2)S(C)(=O)=O)cc1. The van der Waals surface area contributed by atoms with Crippen LogP contribution in [0.4, 0.5) is 4.39 Å². The molecular formula is C22H26BrFN2O4S. The van der Waals surface area contributed by atoms with Gasteiger partial charge in [-0.3, -0.25) is 4.79 Å². The number of nitrogens with zero attached hydrogens (tertiary/aromatic N) is 1. The van der Waals surface area contributed by atoms with Crippen LogP contribution in [0.1, 0.15) is 30.4 Å². The molecule has 31 heavy (non-hydrogen) atoms. The Morgan fingerprint density at radius 1 is 1.26 bits per heavy atom. The largest absolute Gasteiger partial charge is 0.497 e. The van der Waals surface area contributed by atoms with E-state index < -0.39 is 21.3 Å². The first-order valence-electron chi connectivity index (χ1n) is 9.88. The van der Waals surface area contributed by atoms with Crippen LogP contribution < -0.4 is 10.5 Å². The molecule has 1 amide bonds. The van der Waals surface area contributed by atoms with Crippen molar-refractivity contribution in [2.75, 3.05) is 13.4 Å². The van der Waals surface area contributed by atoms with Crippen molar-refractivity contribution < 1.29 is 22.3 Å². The molecule has 2 aromatic carbocycles. The van der Waals surface area contributed by atoms with Gasteiger partial charge in [-0.15, -0.1) is 0 Å². The Hall–Kier alpha value is -1.97. The van der Waals surface area contributed by atoms with Crippen molar-refractivity contribution in [2.45, 2.75) is 38.3 Å². The molecule has 1 aliphatic carbocycles. The number of ether oxygens (including phenoxy) is 1. The number of halogens is 2. The second kappa shape index (κ2) is 9.26. The molecule has 0 aromatic heterocycles. The van der Waals surface area contributed by atoms with E-state index >= 15 is 0 Å². The van der Waals surface area contributed by atoms with Crippen LogP contribution in [0.25, 0.3) is 0 Å². The number of carbonyl (C=O) groups excluding carboxylic acids is 1. The summed E-state index contributed by atoms with van der Waals surface area (Å²) in [6.07, 6.45) is 2.82. The maximum Gasteiger partial charge on any atom is 0.224 e. The lowest BCUT2D eigenvalue weighted by Gasteiger charge is -2.30. The van der Waals surface area contributed by atoms with E-state index in [0.29, 0.717) is 35.9 Å². The van der Waals surface area contributed by atoms with Gasteiger partial charge in [0.15, 0.2) is 0 Å². The number of sulfonamides is 1. The molecule has 0 saturated heterocycles. The summed E-state index contributed by atoms with van der Waals surface area (Å²) >= 11 is 3.17. The lowest BCUT2D eigenvalue weighted by atomic mass is 9.79. The first-order valence-corrected chi connectivity index (χ1v) is 12.5. The zero-order valence-electron chi connectivity index (χ0n) is 17.5. The van der Waals surface area contributed by atoms with E-state index in [-0.39, 0.29) is 18.4 Å². The molecule has 0 aliphatic heterocycles. The van der Waals surface area contributed by atoms with Gasteiger partial charge < -0.3 is 10.5 Å². The average molecular weight is 513 g/mol. The number of methoxy groups -OCH3 is 1. The highest BCUT2D eigenvalue weighted by Crippen LogP contribution is 2.44. The fraction of sp³-hybridized carbons (Fsp3) is 0.409. The predicted octanol–water partition coefficient (Wildman–Crippen LogP) is 3.63. The topological polar surface area (TPSA) is 89.7 Å². The molecule has 1 aliphatic rings. The minimum Gasteiger partial charge on any atom is -0.497 e. The quantitative estimate of drug-likeness (QED) is 0.584. The second-order valence-electron chi connectivity index (χ2n) is 8.12. The zero-order valence-corrected chi connectivity index (χ0v) is 19.9. The molecule has 6 nitrogen and oxygen atoms in total. The number of nitrogens with two attached hydrogens (primary N) is 1. The van der Waals surface area contributed by atoms with Gasteiger partial charge in [-0.25, -0.2) is 12.8 Å². The van der Waals surface area contributed by atoms with Gasteiger partial charge in [0.1, 0.15) is 11.6 Å². The van der Waals surface area contributed by atoms with Crippen molar-refractivity contribution in [3.63, 3.8) is 0 Å². The van der Waals surface area contributed by atoms with Crippen LogP contribution in [0.5, 0.6) is 5.75 Å². The van der Waals surface area contributed by atoms with Crippen molar-refractivity contribution in [3.05, 3.63) is 63.9 Å². The number of primary amides is 1. The number of rotatable bonds is 8. The van der Waals surface area contributed by atoms with Gasteiger partial charge in [-0.05, 0) is 77.0 Å². The number of benzene rings is 2. The van der Waals surface area contributed by atoms with Gasteiger partial charge in [0.05, 0.1) is 23.3 Å². The second-order valence-corrected chi connectivity index (χ2v) is 10.9. The van der Waals surface area contributed by atoms with Crippen LogP contribution in [0.15, 0.2) is 46.9 Å². The maximum atomic E-state index is 13.6. The Bertz CT molecular complexity index is 1060. The van der Waals surface area contributed by atoms with Crippen LogP contribution in [0.2, 0.25) is 0 Å². The van der Waals surface area contributed by atoms with Crippen LogP contribution in [-0.2, 0) is 27.8 Å². The zero-order chi connectivity index (χ0) is 22.8. The molecule has 0 unspecified atom stereocenters. The molecule has 1 saturated carbocycles. The van der Waals surface area contributed by atoms with Crippen molar-refractivity contribution in [2.24, 2.45) is 11.1 Å². The molecule has 0 radical (unpaired) electrons. The molecule has 2 atom stereocenters. The highest BCUT2D eigenvalue weighted by molar-refractivity contribution is 9.10. The molecule has 0 spiro atoms. The predicted molar refractivity (Wildman–Crippen MR) is 120 cm³/mol. The summed E-state index contributed by atoms with van der Waals surface area (Å²) in [6.45, 7) is 0.199. The van der Waals surface area contributed by atoms with Crippen LogP contribution in [-0.4, -0.2) is 38.0 Å². The van der Waals surface area contributed by atoms with Gasteiger partial charge in [0.25, 0.3) is 0 Å². The van der Waals surface area contributed by atoms with Gasteiger partial charge in [-0.1, -0.05) is 18.2 Å². The average Bonchev–Trinajstić information content (AvgIpc) is 3.13. The maximum absolute atomic E-state index is 13.6. The van der Waals surface area contributed by atoms with Crippen molar-refractivity contribution >= 4 is 31.9 Å². The van der Waals surface area contributed by atoms with Gasteiger partial charge in [-0.2, -0.15) is 4.31 Å². The molecule has 1 fully saturated rings. The fourth-order valence-electron chi connectivity index (χ4n) is 4.28. The Balaban J connectivity index is 1.84. The Labute approximate surface area is 190 Å². The lowest BCUT2D eigenvalue weighted by molar-refractivity contribution is -0.127. The number of hydrogen-bond donors (Lipinski definition) is 1. The van der Waals surface area contributed by atoms with E-state index in [9.17, 15) is 17.6 Å². The highest BCUT2D eigenvalue weighted by Gasteiger charge is 2.47. The summed E-state index contributed by atoms with van der Waals surface area (Å²) in [5.41, 5.74) is 6.51. The molecule has 2 aromatic rings. The Morgan fingerprint density at radius 3 is 2.45 bits per heavy atom. The molecule has 2 N–H and O–H groups in total. The van der Waals surface area contributed by atoms with Crippen molar-refractivity contribution in [3.8, 4) is 5.75 Å². The smallest absolute Gasteiger partial charge is 0.224 e. The number of amides is 1. The summed E-state index contributed by atoms with van der Waals surface area (Å²) in [6, 6.07) is 11.5. The lowest BCUT2D eigenvalue weighted by Crippen LogP contribution is -2.42. The molecule has 168 valence electrons. The molecule has 9 heteroatoms. The number of carbonyl (C=O) groups is 1. The molecule has 0 bridgehead atoms. The normalized spacial score (nSPS) is 21.4. The molecule has 3 rings (SSSR count). The summed E-state index contributed by atoms with van der Waals surface area (Å²) in [7, 11) is -1.96. The van der Waals surface area contributed by atoms with Crippen LogP contribution in [0.3, 0.4) is 0 Å². The summed E-state index contributed by atoms with van der Waals surface area (Å²) in [4.78, 5) is 12.5. The van der Waals surface area contributed by atoms with Crippen molar-refractivity contribution in [1.29, 1.82) is 0 Å². The number of hydrogen-bond acceptors (Lipinski definition) is 4. The molecule has 0 heterocycles. The first-order chi connectivity index (χ1) is 14.5. The Morgan fingerprint density at radius 2 is 1.90 bits per heavy atom. The third-order valence-electron chi connectivity index (χ3n) is 5.96. The summed E-state index contributed by atoms with van der Waals surface area (Å²) in [5.74, 6) is -0.161. The van der Waals surface area contributed by atoms with E-state index in [1.165, 1.54) is 16.6 Å².